The van der Waals surface area contributed by atoms with E-state index in [0.29, 0.717) is 11.3 Å². The molecule has 2 heterocycles. The number of carbonyl (C=O) groups excluding carboxylic acids is 2. The van der Waals surface area contributed by atoms with Crippen LogP contribution in [0, 0.1) is 5.82 Å². The molecule has 2 atom stereocenters. The molecule has 2 amide bonds. The molecule has 2 unspecified atom stereocenters. The first-order chi connectivity index (χ1) is 11.0. The molecule has 2 N–H and O–H groups in total. The van der Waals surface area contributed by atoms with Crippen LogP contribution in [-0.2, 0) is 9.59 Å². The number of hydrogen-bond acceptors (Lipinski definition) is 3. The molecule has 0 bridgehead atoms. The van der Waals surface area contributed by atoms with Crippen molar-refractivity contribution >= 4 is 17.5 Å². The van der Waals surface area contributed by atoms with Crippen LogP contribution in [0.5, 0.6) is 0 Å². The van der Waals surface area contributed by atoms with E-state index in [1.165, 1.54) is 12.1 Å². The number of benzene rings is 1. The molecule has 5 nitrogen and oxygen atoms in total. The third-order valence-corrected chi connectivity index (χ3v) is 3.86. The molecule has 0 saturated carbocycles. The molecular formula is C17H16FN3O2. The molecule has 0 aliphatic carbocycles. The van der Waals surface area contributed by atoms with Gasteiger partial charge in [0.25, 0.3) is 0 Å². The van der Waals surface area contributed by atoms with Crippen molar-refractivity contribution in [3.63, 3.8) is 0 Å². The Morgan fingerprint density at radius 1 is 1.39 bits per heavy atom. The highest BCUT2D eigenvalue weighted by molar-refractivity contribution is 6.01. The molecule has 1 aliphatic heterocycles. The normalized spacial score (nSPS) is 17.8. The van der Waals surface area contributed by atoms with Gasteiger partial charge < -0.3 is 10.6 Å². The van der Waals surface area contributed by atoms with Gasteiger partial charge in [0, 0.05) is 18.3 Å². The Morgan fingerprint density at radius 2 is 2.22 bits per heavy atom. The van der Waals surface area contributed by atoms with Crippen LogP contribution >= 0.6 is 0 Å². The molecule has 118 valence electrons. The molecule has 3 rings (SSSR count). The van der Waals surface area contributed by atoms with E-state index in [1.807, 2.05) is 19.1 Å². The van der Waals surface area contributed by atoms with Gasteiger partial charge in [-0.1, -0.05) is 12.1 Å². The number of nitrogens with one attached hydrogen (secondary N) is 2. The van der Waals surface area contributed by atoms with Gasteiger partial charge in [-0.25, -0.2) is 4.39 Å². The van der Waals surface area contributed by atoms with Crippen molar-refractivity contribution in [3.05, 3.63) is 59.7 Å². The molecule has 2 aromatic rings. The fraction of sp³-hybridized carbons (Fsp3) is 0.235. The maximum absolute atomic E-state index is 13.3. The number of nitrogens with zero attached hydrogens (tertiary/aromatic N) is 1. The second-order valence-electron chi connectivity index (χ2n) is 5.52. The molecule has 23 heavy (non-hydrogen) atoms. The highest BCUT2D eigenvalue weighted by Gasteiger charge is 2.31. The lowest BCUT2D eigenvalue weighted by molar-refractivity contribution is -0.126. The summed E-state index contributed by atoms with van der Waals surface area (Å²) in [7, 11) is 0. The Bertz CT molecular complexity index is 749. The van der Waals surface area contributed by atoms with Crippen molar-refractivity contribution in [1.82, 2.24) is 10.3 Å². The minimum Gasteiger partial charge on any atom is -0.347 e. The van der Waals surface area contributed by atoms with Crippen molar-refractivity contribution in [3.8, 4) is 0 Å². The first-order valence-electron chi connectivity index (χ1n) is 7.35. The minimum absolute atomic E-state index is 0.0411. The van der Waals surface area contributed by atoms with E-state index in [9.17, 15) is 14.0 Å². The molecule has 0 fully saturated rings. The third-order valence-electron chi connectivity index (χ3n) is 3.86. The van der Waals surface area contributed by atoms with Crippen LogP contribution < -0.4 is 10.6 Å². The summed E-state index contributed by atoms with van der Waals surface area (Å²) in [6.07, 6.45) is 1.70. The quantitative estimate of drug-likeness (QED) is 0.914. The zero-order valence-corrected chi connectivity index (χ0v) is 12.5. The predicted octanol–water partition coefficient (Wildman–Crippen LogP) is 2.52. The Morgan fingerprint density at radius 3 is 2.96 bits per heavy atom. The Kier molecular flexibility index (Phi) is 4.06. The fourth-order valence-corrected chi connectivity index (χ4v) is 2.69. The zero-order chi connectivity index (χ0) is 16.4. The highest BCUT2D eigenvalue weighted by atomic mass is 19.1. The number of pyridine rings is 1. The first kappa shape index (κ1) is 15.1. The highest BCUT2D eigenvalue weighted by Crippen LogP contribution is 2.33. The van der Waals surface area contributed by atoms with Crippen LogP contribution in [0.3, 0.4) is 0 Å². The SMILES string of the molecule is CC(NC(=O)C1CC(=O)Nc2cc(F)ccc21)c1ccccn1. The van der Waals surface area contributed by atoms with Gasteiger partial charge in [0.2, 0.25) is 11.8 Å². The largest absolute Gasteiger partial charge is 0.347 e. The van der Waals surface area contributed by atoms with E-state index in [4.69, 9.17) is 0 Å². The molecule has 0 radical (unpaired) electrons. The molecule has 1 aromatic heterocycles. The van der Waals surface area contributed by atoms with Gasteiger partial charge in [-0.2, -0.15) is 0 Å². The summed E-state index contributed by atoms with van der Waals surface area (Å²) in [6, 6.07) is 9.25. The predicted molar refractivity (Wildman–Crippen MR) is 83.2 cm³/mol. The van der Waals surface area contributed by atoms with Crippen LogP contribution in [0.4, 0.5) is 10.1 Å². The Labute approximate surface area is 132 Å². The molecule has 1 aromatic carbocycles. The average molecular weight is 313 g/mol. The zero-order valence-electron chi connectivity index (χ0n) is 12.5. The summed E-state index contributed by atoms with van der Waals surface area (Å²) in [6.45, 7) is 1.83. The van der Waals surface area contributed by atoms with Crippen molar-refractivity contribution in [2.24, 2.45) is 0 Å². The maximum atomic E-state index is 13.3. The fourth-order valence-electron chi connectivity index (χ4n) is 2.69. The summed E-state index contributed by atoms with van der Waals surface area (Å²) < 4.78 is 13.3. The van der Waals surface area contributed by atoms with Crippen molar-refractivity contribution < 1.29 is 14.0 Å². The number of rotatable bonds is 3. The van der Waals surface area contributed by atoms with Crippen molar-refractivity contribution in [2.45, 2.75) is 25.3 Å². The van der Waals surface area contributed by atoms with Crippen LogP contribution in [-0.4, -0.2) is 16.8 Å². The smallest absolute Gasteiger partial charge is 0.228 e. The van der Waals surface area contributed by atoms with Gasteiger partial charge in [0.15, 0.2) is 0 Å². The average Bonchev–Trinajstić information content (AvgIpc) is 2.54. The summed E-state index contributed by atoms with van der Waals surface area (Å²) >= 11 is 0. The van der Waals surface area contributed by atoms with Gasteiger partial charge in [0.1, 0.15) is 5.82 Å². The summed E-state index contributed by atoms with van der Waals surface area (Å²) in [5, 5.41) is 5.47. The number of halogens is 1. The number of anilines is 1. The summed E-state index contributed by atoms with van der Waals surface area (Å²) in [5.41, 5.74) is 1.71. The summed E-state index contributed by atoms with van der Waals surface area (Å²) in [5.74, 6) is -1.66. The lowest BCUT2D eigenvalue weighted by atomic mass is 9.89. The number of carbonyl (C=O) groups is 2. The monoisotopic (exact) mass is 313 g/mol. The summed E-state index contributed by atoms with van der Waals surface area (Å²) in [4.78, 5) is 28.5. The van der Waals surface area contributed by atoms with Gasteiger partial charge in [-0.15, -0.1) is 0 Å². The van der Waals surface area contributed by atoms with Gasteiger partial charge >= 0.3 is 0 Å². The lowest BCUT2D eigenvalue weighted by Gasteiger charge is -2.26. The maximum Gasteiger partial charge on any atom is 0.228 e. The third kappa shape index (κ3) is 3.21. The van der Waals surface area contributed by atoms with E-state index in [-0.39, 0.29) is 24.3 Å². The van der Waals surface area contributed by atoms with E-state index in [0.717, 1.165) is 5.69 Å². The van der Waals surface area contributed by atoms with Gasteiger partial charge in [-0.3, -0.25) is 14.6 Å². The second-order valence-corrected chi connectivity index (χ2v) is 5.52. The number of amides is 2. The van der Waals surface area contributed by atoms with Crippen molar-refractivity contribution in [1.29, 1.82) is 0 Å². The van der Waals surface area contributed by atoms with E-state index >= 15 is 0 Å². The minimum atomic E-state index is -0.634. The van der Waals surface area contributed by atoms with Crippen LogP contribution in [0.1, 0.15) is 36.6 Å². The van der Waals surface area contributed by atoms with Crippen LogP contribution in [0.25, 0.3) is 0 Å². The molecular weight excluding hydrogens is 297 g/mol. The Hall–Kier alpha value is -2.76. The van der Waals surface area contributed by atoms with Crippen molar-refractivity contribution in [2.75, 3.05) is 5.32 Å². The van der Waals surface area contributed by atoms with E-state index in [2.05, 4.69) is 15.6 Å². The molecule has 0 spiro atoms. The van der Waals surface area contributed by atoms with Gasteiger partial charge in [-0.05, 0) is 36.8 Å². The van der Waals surface area contributed by atoms with Crippen LogP contribution in [0.15, 0.2) is 42.6 Å². The molecule has 1 aliphatic rings. The topological polar surface area (TPSA) is 71.1 Å². The van der Waals surface area contributed by atoms with Crippen LogP contribution in [0.2, 0.25) is 0 Å². The second kappa shape index (κ2) is 6.16. The Balaban J connectivity index is 1.81. The number of fused-ring (bicyclic) bond motifs is 1. The van der Waals surface area contributed by atoms with E-state index < -0.39 is 11.7 Å². The standard InChI is InChI=1S/C17H16FN3O2/c1-10(14-4-2-3-7-19-14)20-17(23)13-9-16(22)21-15-8-11(18)5-6-12(13)15/h2-8,10,13H,9H2,1H3,(H,20,23)(H,21,22). The molecule has 6 heteroatoms. The number of hydrogen-bond donors (Lipinski definition) is 2. The first-order valence-corrected chi connectivity index (χ1v) is 7.35. The number of aromatic nitrogens is 1. The molecule has 0 saturated heterocycles. The lowest BCUT2D eigenvalue weighted by Crippen LogP contribution is -2.36. The van der Waals surface area contributed by atoms with Gasteiger partial charge in [0.05, 0.1) is 17.7 Å². The van der Waals surface area contributed by atoms with E-state index in [1.54, 1.807) is 18.3 Å².